The van der Waals surface area contributed by atoms with Gasteiger partial charge in [0.1, 0.15) is 0 Å². The number of carbonyl (C=O) groups excluding carboxylic acids is 1. The third kappa shape index (κ3) is 2.63. The molecule has 1 aromatic carbocycles. The van der Waals surface area contributed by atoms with Crippen LogP contribution in [0.2, 0.25) is 0 Å². The lowest BCUT2D eigenvalue weighted by atomic mass is 9.82. The topological polar surface area (TPSA) is 73.4 Å². The van der Waals surface area contributed by atoms with Crippen molar-refractivity contribution in [1.29, 1.82) is 0 Å². The fourth-order valence-electron chi connectivity index (χ4n) is 3.00. The number of hydrogen-bond donors (Lipinski definition) is 4. The first-order valence-electron chi connectivity index (χ1n) is 6.79. The predicted molar refractivity (Wildman–Crippen MR) is 71.1 cm³/mol. The lowest BCUT2D eigenvalue weighted by Gasteiger charge is -2.30. The highest BCUT2D eigenvalue weighted by molar-refractivity contribution is 5.94. The lowest BCUT2D eigenvalue weighted by Crippen LogP contribution is -2.47. The molecule has 1 saturated heterocycles. The van der Waals surface area contributed by atoms with E-state index in [0.717, 1.165) is 19.3 Å². The Morgan fingerprint density at radius 3 is 2.79 bits per heavy atom. The van der Waals surface area contributed by atoms with Gasteiger partial charge >= 0.3 is 0 Å². The second kappa shape index (κ2) is 5.28. The Hall–Kier alpha value is -1.43. The van der Waals surface area contributed by atoms with Crippen molar-refractivity contribution >= 4 is 5.91 Å². The monoisotopic (exact) mass is 261 g/mol. The summed E-state index contributed by atoms with van der Waals surface area (Å²) in [6.45, 7) is 0. The summed E-state index contributed by atoms with van der Waals surface area (Å²) in [7, 11) is 0. The molecule has 1 saturated carbocycles. The summed E-state index contributed by atoms with van der Waals surface area (Å²) >= 11 is 0. The summed E-state index contributed by atoms with van der Waals surface area (Å²) in [5.74, 6) is 0.280. The van der Waals surface area contributed by atoms with Gasteiger partial charge in [-0.3, -0.25) is 10.2 Å². The molecule has 1 aromatic rings. The lowest BCUT2D eigenvalue weighted by molar-refractivity contribution is 0.0843. The average Bonchev–Trinajstić information content (AvgIpc) is 2.82. The van der Waals surface area contributed by atoms with Crippen molar-refractivity contribution in [2.45, 2.75) is 37.6 Å². The molecular weight excluding hydrogens is 242 g/mol. The van der Waals surface area contributed by atoms with Gasteiger partial charge in [-0.15, -0.1) is 0 Å². The number of carbonyl (C=O) groups is 1. The molecule has 1 heterocycles. The molecule has 102 valence electrons. The highest BCUT2D eigenvalue weighted by Gasteiger charge is 2.40. The van der Waals surface area contributed by atoms with Gasteiger partial charge in [0.2, 0.25) is 0 Å². The molecule has 19 heavy (non-hydrogen) atoms. The molecule has 5 nitrogen and oxygen atoms in total. The molecule has 1 aliphatic heterocycles. The van der Waals surface area contributed by atoms with E-state index in [9.17, 15) is 9.90 Å². The van der Waals surface area contributed by atoms with Gasteiger partial charge in [-0.2, -0.15) is 0 Å². The third-order valence-electron chi connectivity index (χ3n) is 4.05. The number of hydrogen-bond acceptors (Lipinski definition) is 4. The predicted octanol–water partition coefficient (Wildman–Crippen LogP) is 0.380. The van der Waals surface area contributed by atoms with Gasteiger partial charge in [0, 0.05) is 17.5 Å². The fourth-order valence-corrected chi connectivity index (χ4v) is 3.00. The minimum Gasteiger partial charge on any atom is -0.393 e. The van der Waals surface area contributed by atoms with Gasteiger partial charge in [-0.1, -0.05) is 18.2 Å². The highest BCUT2D eigenvalue weighted by atomic mass is 16.3. The number of amides is 1. The molecule has 1 aliphatic carbocycles. The molecule has 0 radical (unpaired) electrons. The zero-order valence-electron chi connectivity index (χ0n) is 10.7. The smallest absolute Gasteiger partial charge is 0.252 e. The molecule has 4 N–H and O–H groups in total. The van der Waals surface area contributed by atoms with Gasteiger partial charge < -0.3 is 10.4 Å². The second-order valence-corrected chi connectivity index (χ2v) is 5.34. The van der Waals surface area contributed by atoms with Crippen LogP contribution in [0.3, 0.4) is 0 Å². The Labute approximate surface area is 112 Å². The summed E-state index contributed by atoms with van der Waals surface area (Å²) in [5, 5.41) is 12.7. The first kappa shape index (κ1) is 12.6. The Balaban J connectivity index is 1.63. The molecule has 0 spiro atoms. The Kier molecular flexibility index (Phi) is 3.50. The first-order valence-corrected chi connectivity index (χ1v) is 6.79. The van der Waals surface area contributed by atoms with E-state index in [1.165, 1.54) is 0 Å². The van der Waals surface area contributed by atoms with Crippen LogP contribution in [0, 0.1) is 5.92 Å². The number of aliphatic hydroxyl groups is 1. The summed E-state index contributed by atoms with van der Waals surface area (Å²) < 4.78 is 0. The molecule has 1 amide bonds. The van der Waals surface area contributed by atoms with Crippen LogP contribution in [0.4, 0.5) is 0 Å². The molecule has 5 heteroatoms. The van der Waals surface area contributed by atoms with E-state index in [-0.39, 0.29) is 24.2 Å². The zero-order valence-corrected chi connectivity index (χ0v) is 10.7. The van der Waals surface area contributed by atoms with Crippen molar-refractivity contribution in [3.8, 4) is 0 Å². The molecule has 2 aliphatic rings. The zero-order chi connectivity index (χ0) is 13.2. The molecular formula is C14H19N3O2. The molecule has 4 atom stereocenters. The minimum absolute atomic E-state index is 0.0633. The molecule has 0 aromatic heterocycles. The SMILES string of the molecule is O=C(NC1NNC2CC(O)CCC21)c1ccccc1. The van der Waals surface area contributed by atoms with Crippen molar-refractivity contribution in [2.75, 3.05) is 0 Å². The maximum Gasteiger partial charge on any atom is 0.252 e. The fraction of sp³-hybridized carbons (Fsp3) is 0.500. The quantitative estimate of drug-likeness (QED) is 0.621. The molecule has 3 rings (SSSR count). The molecule has 4 unspecified atom stereocenters. The maximum atomic E-state index is 12.1. The summed E-state index contributed by atoms with van der Waals surface area (Å²) in [6, 6.07) is 9.46. The minimum atomic E-state index is -0.223. The number of hydrazine groups is 1. The van der Waals surface area contributed by atoms with Crippen LogP contribution in [0.25, 0.3) is 0 Å². The van der Waals surface area contributed by atoms with Crippen LogP contribution in [-0.4, -0.2) is 29.3 Å². The van der Waals surface area contributed by atoms with Gasteiger partial charge in [-0.25, -0.2) is 5.43 Å². The van der Waals surface area contributed by atoms with E-state index in [0.29, 0.717) is 11.5 Å². The van der Waals surface area contributed by atoms with Crippen LogP contribution in [0.15, 0.2) is 30.3 Å². The van der Waals surface area contributed by atoms with Crippen molar-refractivity contribution in [1.82, 2.24) is 16.2 Å². The van der Waals surface area contributed by atoms with Crippen LogP contribution >= 0.6 is 0 Å². The van der Waals surface area contributed by atoms with E-state index in [1.807, 2.05) is 18.2 Å². The van der Waals surface area contributed by atoms with Crippen LogP contribution in [-0.2, 0) is 0 Å². The van der Waals surface area contributed by atoms with E-state index in [4.69, 9.17) is 0 Å². The van der Waals surface area contributed by atoms with E-state index in [1.54, 1.807) is 12.1 Å². The molecule has 2 fully saturated rings. The van der Waals surface area contributed by atoms with Gasteiger partial charge in [0.05, 0.1) is 12.3 Å². The molecule has 0 bridgehead atoms. The number of aliphatic hydroxyl groups excluding tert-OH is 1. The van der Waals surface area contributed by atoms with Crippen LogP contribution in [0.5, 0.6) is 0 Å². The number of fused-ring (bicyclic) bond motifs is 1. The Morgan fingerprint density at radius 1 is 1.21 bits per heavy atom. The van der Waals surface area contributed by atoms with E-state index in [2.05, 4.69) is 16.2 Å². The number of nitrogens with one attached hydrogen (secondary N) is 3. The number of benzene rings is 1. The second-order valence-electron chi connectivity index (χ2n) is 5.34. The van der Waals surface area contributed by atoms with Crippen molar-refractivity contribution in [2.24, 2.45) is 5.92 Å². The highest BCUT2D eigenvalue weighted by Crippen LogP contribution is 2.29. The maximum absolute atomic E-state index is 12.1. The van der Waals surface area contributed by atoms with E-state index >= 15 is 0 Å². The summed E-state index contributed by atoms with van der Waals surface area (Å²) in [4.78, 5) is 12.1. The average molecular weight is 261 g/mol. The van der Waals surface area contributed by atoms with E-state index < -0.39 is 0 Å². The normalized spacial score (nSPS) is 33.7. The Morgan fingerprint density at radius 2 is 2.00 bits per heavy atom. The van der Waals surface area contributed by atoms with Gasteiger partial charge in [-0.05, 0) is 31.4 Å². The summed E-state index contributed by atoms with van der Waals surface area (Å²) in [5.41, 5.74) is 6.97. The van der Waals surface area contributed by atoms with Crippen molar-refractivity contribution in [3.05, 3.63) is 35.9 Å². The van der Waals surface area contributed by atoms with Crippen LogP contribution in [0.1, 0.15) is 29.6 Å². The van der Waals surface area contributed by atoms with Gasteiger partial charge in [0.15, 0.2) is 0 Å². The van der Waals surface area contributed by atoms with Crippen molar-refractivity contribution < 1.29 is 9.90 Å². The Bertz CT molecular complexity index is 451. The number of rotatable bonds is 2. The summed E-state index contributed by atoms with van der Waals surface area (Å²) in [6.07, 6.45) is 2.19. The van der Waals surface area contributed by atoms with Crippen molar-refractivity contribution in [3.63, 3.8) is 0 Å². The van der Waals surface area contributed by atoms with Gasteiger partial charge in [0.25, 0.3) is 5.91 Å². The largest absolute Gasteiger partial charge is 0.393 e. The van der Waals surface area contributed by atoms with Crippen LogP contribution < -0.4 is 16.2 Å². The third-order valence-corrected chi connectivity index (χ3v) is 4.05. The standard InChI is InChI=1S/C14H19N3O2/c18-10-6-7-11-12(8-10)16-17-13(11)15-14(19)9-4-2-1-3-5-9/h1-5,10-13,16-18H,6-8H2,(H,15,19). The first-order chi connectivity index (χ1) is 9.24.